The molecular weight excluding hydrogens is 484 g/mol. The monoisotopic (exact) mass is 510 g/mol. The van der Waals surface area contributed by atoms with E-state index in [0.717, 1.165) is 28.7 Å². The van der Waals surface area contributed by atoms with Crippen molar-refractivity contribution >= 4 is 33.9 Å². The lowest BCUT2D eigenvalue weighted by molar-refractivity contribution is -0.132. The highest BCUT2D eigenvalue weighted by Gasteiger charge is 2.47. The average Bonchev–Trinajstić information content (AvgIpc) is 3.54. The first-order valence-electron chi connectivity index (χ1n) is 12.0. The van der Waals surface area contributed by atoms with Gasteiger partial charge in [-0.05, 0) is 54.3 Å². The average molecular weight is 511 g/mol. The van der Waals surface area contributed by atoms with Gasteiger partial charge in [0.25, 0.3) is 5.78 Å². The summed E-state index contributed by atoms with van der Waals surface area (Å²) in [5.74, 6) is -1.04. The summed E-state index contributed by atoms with van der Waals surface area (Å²) in [6, 6.07) is 21.9. The molecule has 0 saturated carbocycles. The van der Waals surface area contributed by atoms with Gasteiger partial charge in [-0.25, -0.2) is 4.98 Å². The van der Waals surface area contributed by atoms with Crippen LogP contribution in [0.1, 0.15) is 40.8 Å². The van der Waals surface area contributed by atoms with Crippen LogP contribution < -0.4 is 9.64 Å². The van der Waals surface area contributed by atoms with E-state index in [0.29, 0.717) is 23.1 Å². The molecule has 1 saturated heterocycles. The molecule has 6 nitrogen and oxygen atoms in total. The Morgan fingerprint density at radius 1 is 1.03 bits per heavy atom. The van der Waals surface area contributed by atoms with Crippen molar-refractivity contribution in [2.75, 3.05) is 4.90 Å². The zero-order valence-electron chi connectivity index (χ0n) is 20.5. The first kappa shape index (κ1) is 24.5. The second kappa shape index (κ2) is 10.4. The summed E-state index contributed by atoms with van der Waals surface area (Å²) in [6.45, 7) is 4.51. The van der Waals surface area contributed by atoms with E-state index in [1.807, 2.05) is 49.4 Å². The van der Waals surface area contributed by atoms with E-state index < -0.39 is 17.7 Å². The molecule has 3 aromatic carbocycles. The zero-order valence-corrected chi connectivity index (χ0v) is 21.4. The number of rotatable bonds is 7. The minimum Gasteiger partial charge on any atom is -0.507 e. The van der Waals surface area contributed by atoms with Crippen molar-refractivity contribution in [2.45, 2.75) is 32.9 Å². The quantitative estimate of drug-likeness (QED) is 0.181. The number of aromatic nitrogens is 1. The lowest BCUT2D eigenvalue weighted by Gasteiger charge is -2.23. The number of aliphatic hydroxyl groups is 1. The van der Waals surface area contributed by atoms with Crippen molar-refractivity contribution in [3.05, 3.63) is 118 Å². The lowest BCUT2D eigenvalue weighted by Crippen LogP contribution is -2.29. The number of amides is 1. The van der Waals surface area contributed by atoms with Crippen LogP contribution in [0.3, 0.4) is 0 Å². The predicted molar refractivity (Wildman–Crippen MR) is 145 cm³/mol. The molecule has 0 unspecified atom stereocenters. The number of benzene rings is 3. The van der Waals surface area contributed by atoms with Gasteiger partial charge in [-0.3, -0.25) is 14.5 Å². The standard InChI is InChI=1S/C30H26N2O4S/c1-3-20-7-9-22(10-8-20)26-25(28(34)29(35)32(26)30-31-15-16-37-30)27(33)23-11-13-24(14-12-23)36-18-21-6-4-5-19(2)17-21/h4-17,26,33H,3,18H2,1-2H3/t26-/m0/s1. The van der Waals surface area contributed by atoms with Crippen molar-refractivity contribution < 1.29 is 19.4 Å². The van der Waals surface area contributed by atoms with Gasteiger partial charge >= 0.3 is 5.91 Å². The van der Waals surface area contributed by atoms with Crippen molar-refractivity contribution in [1.29, 1.82) is 0 Å². The van der Waals surface area contributed by atoms with Crippen LogP contribution in [0.25, 0.3) is 5.76 Å². The summed E-state index contributed by atoms with van der Waals surface area (Å²) in [7, 11) is 0. The third kappa shape index (κ3) is 4.90. The second-order valence-corrected chi connectivity index (χ2v) is 9.75. The molecule has 1 amide bonds. The number of ether oxygens (including phenoxy) is 1. The van der Waals surface area contributed by atoms with Crippen LogP contribution >= 0.6 is 11.3 Å². The minimum atomic E-state index is -0.783. The SMILES string of the molecule is CCc1ccc([C@H]2C(=C(O)c3ccc(OCc4cccc(C)c4)cc3)C(=O)C(=O)N2c2nccs2)cc1. The molecule has 1 aliphatic heterocycles. The number of hydrogen-bond donors (Lipinski definition) is 1. The fourth-order valence-corrected chi connectivity index (χ4v) is 5.12. The van der Waals surface area contributed by atoms with Gasteiger partial charge in [0.2, 0.25) is 0 Å². The molecule has 0 bridgehead atoms. The van der Waals surface area contributed by atoms with E-state index >= 15 is 0 Å². The van der Waals surface area contributed by atoms with Crippen LogP contribution in [0.15, 0.2) is 89.9 Å². The van der Waals surface area contributed by atoms with Crippen LogP contribution in [0, 0.1) is 6.92 Å². The van der Waals surface area contributed by atoms with Crippen LogP contribution in [0.5, 0.6) is 5.75 Å². The summed E-state index contributed by atoms with van der Waals surface area (Å²) in [4.78, 5) is 32.0. The van der Waals surface area contributed by atoms with Gasteiger partial charge in [-0.15, -0.1) is 11.3 Å². The number of carbonyl (C=O) groups is 2. The summed E-state index contributed by atoms with van der Waals surface area (Å²) in [5, 5.41) is 13.5. The number of anilines is 1. The van der Waals surface area contributed by atoms with Gasteiger partial charge < -0.3 is 9.84 Å². The Kier molecular flexibility index (Phi) is 6.88. The Hall–Kier alpha value is -4.23. The first-order chi connectivity index (χ1) is 18.0. The molecule has 1 N–H and O–H groups in total. The summed E-state index contributed by atoms with van der Waals surface area (Å²) < 4.78 is 5.89. The normalized spacial score (nSPS) is 16.8. The van der Waals surface area contributed by atoms with E-state index in [4.69, 9.17) is 4.74 Å². The number of aliphatic hydroxyl groups excluding tert-OH is 1. The highest BCUT2D eigenvalue weighted by Crippen LogP contribution is 2.42. The maximum Gasteiger partial charge on any atom is 0.301 e. The van der Waals surface area contributed by atoms with Crippen LogP contribution in [-0.4, -0.2) is 21.8 Å². The van der Waals surface area contributed by atoms with Gasteiger partial charge in [0.1, 0.15) is 18.1 Å². The number of aryl methyl sites for hydroxylation is 2. The molecule has 1 aromatic heterocycles. The first-order valence-corrected chi connectivity index (χ1v) is 12.9. The predicted octanol–water partition coefficient (Wildman–Crippen LogP) is 6.22. The topological polar surface area (TPSA) is 79.7 Å². The van der Waals surface area contributed by atoms with E-state index in [9.17, 15) is 14.7 Å². The van der Waals surface area contributed by atoms with E-state index in [1.54, 1.807) is 35.8 Å². The maximum atomic E-state index is 13.2. The fraction of sp³-hybridized carbons (Fsp3) is 0.167. The maximum absolute atomic E-state index is 13.2. The molecule has 1 atom stereocenters. The van der Waals surface area contributed by atoms with Gasteiger partial charge in [-0.1, -0.05) is 61.0 Å². The molecule has 7 heteroatoms. The molecule has 5 rings (SSSR count). The molecule has 1 fully saturated rings. The number of hydrogen-bond acceptors (Lipinski definition) is 6. The number of Topliss-reactive ketones (excluding diaryl/α,β-unsaturated/α-hetero) is 1. The molecule has 1 aliphatic rings. The molecule has 186 valence electrons. The molecule has 37 heavy (non-hydrogen) atoms. The van der Waals surface area contributed by atoms with Crippen LogP contribution in [-0.2, 0) is 22.6 Å². The highest BCUT2D eigenvalue weighted by atomic mass is 32.1. The summed E-state index contributed by atoms with van der Waals surface area (Å²) >= 11 is 1.27. The van der Waals surface area contributed by atoms with E-state index in [1.165, 1.54) is 16.2 Å². The Balaban J connectivity index is 1.49. The largest absolute Gasteiger partial charge is 0.507 e. The number of ketones is 1. The Bertz CT molecular complexity index is 1460. The van der Waals surface area contributed by atoms with Crippen LogP contribution in [0.2, 0.25) is 0 Å². The third-order valence-corrected chi connectivity index (χ3v) is 7.16. The van der Waals surface area contributed by atoms with Crippen molar-refractivity contribution in [1.82, 2.24) is 4.98 Å². The smallest absolute Gasteiger partial charge is 0.301 e. The number of nitrogens with zero attached hydrogens (tertiary/aromatic N) is 2. The lowest BCUT2D eigenvalue weighted by atomic mass is 9.94. The summed E-state index contributed by atoms with van der Waals surface area (Å²) in [6.07, 6.45) is 2.46. The van der Waals surface area contributed by atoms with Gasteiger partial charge in [0.05, 0.1) is 11.6 Å². The van der Waals surface area contributed by atoms with Crippen LogP contribution in [0.4, 0.5) is 5.13 Å². The Morgan fingerprint density at radius 3 is 2.43 bits per heavy atom. The molecular formula is C30H26N2O4S. The fourth-order valence-electron chi connectivity index (χ4n) is 4.45. The van der Waals surface area contributed by atoms with Crippen molar-refractivity contribution in [3.63, 3.8) is 0 Å². The molecule has 4 aromatic rings. The minimum absolute atomic E-state index is 0.0397. The second-order valence-electron chi connectivity index (χ2n) is 8.88. The Morgan fingerprint density at radius 2 is 1.78 bits per heavy atom. The van der Waals surface area contributed by atoms with Gasteiger partial charge in [-0.2, -0.15) is 0 Å². The molecule has 0 radical (unpaired) electrons. The van der Waals surface area contributed by atoms with E-state index in [2.05, 4.69) is 18.0 Å². The van der Waals surface area contributed by atoms with Crippen molar-refractivity contribution in [3.8, 4) is 5.75 Å². The number of carbonyl (C=O) groups excluding carboxylic acids is 2. The molecule has 0 aliphatic carbocycles. The van der Waals surface area contributed by atoms with E-state index in [-0.39, 0.29) is 11.3 Å². The zero-order chi connectivity index (χ0) is 25.9. The van der Waals surface area contributed by atoms with Crippen molar-refractivity contribution in [2.24, 2.45) is 0 Å². The number of thiazole rings is 1. The summed E-state index contributed by atoms with van der Waals surface area (Å²) in [5.41, 5.74) is 4.55. The molecule has 0 spiro atoms. The van der Waals surface area contributed by atoms with Gasteiger partial charge in [0.15, 0.2) is 5.13 Å². The molecule has 2 heterocycles. The Labute approximate surface area is 219 Å². The third-order valence-electron chi connectivity index (χ3n) is 6.39. The highest BCUT2D eigenvalue weighted by molar-refractivity contribution is 7.14. The van der Waals surface area contributed by atoms with Gasteiger partial charge in [0, 0.05) is 17.1 Å².